The smallest absolute Gasteiger partial charge is 0.302 e. The van der Waals surface area contributed by atoms with Gasteiger partial charge in [0.25, 0.3) is 0 Å². The maximum atomic E-state index is 10.9. The lowest BCUT2D eigenvalue weighted by atomic mass is 9.82. The molecule has 0 aliphatic heterocycles. The Bertz CT molecular complexity index is 641. The summed E-state index contributed by atoms with van der Waals surface area (Å²) in [6, 6.07) is 9.85. The Kier molecular flexibility index (Phi) is 15.6. The fraction of sp³-hybridized carbons (Fsp3) is 0.640. The van der Waals surface area contributed by atoms with Gasteiger partial charge in [0, 0.05) is 59.9 Å². The molecule has 0 saturated carbocycles. The Morgan fingerprint density at radius 3 is 1.26 bits per heavy atom. The monoisotopic (exact) mass is 482 g/mol. The molecule has 9 nitrogen and oxygen atoms in total. The molecule has 1 aromatic carbocycles. The minimum atomic E-state index is -0.578. The second-order valence-corrected chi connectivity index (χ2v) is 7.88. The van der Waals surface area contributed by atoms with Crippen molar-refractivity contribution in [3.05, 3.63) is 35.9 Å². The van der Waals surface area contributed by atoms with E-state index in [1.165, 1.54) is 20.8 Å². The molecule has 0 unspecified atom stereocenters. The number of rotatable bonds is 19. The van der Waals surface area contributed by atoms with Crippen LogP contribution in [-0.4, -0.2) is 77.4 Å². The minimum Gasteiger partial charge on any atom is -0.466 e. The van der Waals surface area contributed by atoms with Crippen LogP contribution in [0.25, 0.3) is 0 Å². The van der Waals surface area contributed by atoms with Crippen LogP contribution in [0.15, 0.2) is 30.3 Å². The molecule has 34 heavy (non-hydrogen) atoms. The van der Waals surface area contributed by atoms with E-state index in [2.05, 4.69) is 0 Å². The van der Waals surface area contributed by atoms with Gasteiger partial charge in [0.15, 0.2) is 0 Å². The number of hydrogen-bond acceptors (Lipinski definition) is 9. The first kappa shape index (κ1) is 29.5. The van der Waals surface area contributed by atoms with Crippen molar-refractivity contribution in [2.75, 3.05) is 59.5 Å². The topological polar surface area (TPSA) is 107 Å². The Morgan fingerprint density at radius 2 is 0.941 bits per heavy atom. The molecule has 0 saturated heterocycles. The van der Waals surface area contributed by atoms with E-state index in [1.54, 1.807) is 0 Å². The van der Waals surface area contributed by atoms with Crippen molar-refractivity contribution in [3.63, 3.8) is 0 Å². The molecule has 0 aliphatic carbocycles. The quantitative estimate of drug-likeness (QED) is 0.167. The highest BCUT2D eigenvalue weighted by Gasteiger charge is 2.34. The third kappa shape index (κ3) is 13.9. The molecule has 0 radical (unpaired) electrons. The molecule has 0 aromatic heterocycles. The van der Waals surface area contributed by atoms with Gasteiger partial charge in [-0.05, 0) is 5.56 Å². The third-order valence-electron chi connectivity index (χ3n) is 4.74. The first-order chi connectivity index (χ1) is 16.4. The van der Waals surface area contributed by atoms with Crippen molar-refractivity contribution < 1.29 is 42.8 Å². The Morgan fingerprint density at radius 1 is 0.588 bits per heavy atom. The number of ether oxygens (including phenoxy) is 6. The summed E-state index contributed by atoms with van der Waals surface area (Å²) in [5.74, 6) is -0.950. The lowest BCUT2D eigenvalue weighted by Gasteiger charge is -2.34. The van der Waals surface area contributed by atoms with Crippen LogP contribution in [0, 0.1) is 0 Å². The summed E-state index contributed by atoms with van der Waals surface area (Å²) in [4.78, 5) is 32.8. The summed E-state index contributed by atoms with van der Waals surface area (Å²) in [5, 5.41) is 0. The van der Waals surface area contributed by atoms with Gasteiger partial charge in [-0.15, -0.1) is 0 Å². The van der Waals surface area contributed by atoms with Gasteiger partial charge in [0.05, 0.1) is 45.1 Å². The highest BCUT2D eigenvalue weighted by Crippen LogP contribution is 2.27. The van der Waals surface area contributed by atoms with Crippen LogP contribution in [-0.2, 0) is 48.2 Å². The zero-order chi connectivity index (χ0) is 25.1. The molecular weight excluding hydrogens is 444 g/mol. The van der Waals surface area contributed by atoms with E-state index >= 15 is 0 Å². The number of carbonyl (C=O) groups is 3. The van der Waals surface area contributed by atoms with Gasteiger partial charge < -0.3 is 28.4 Å². The SMILES string of the molecule is CC(=O)OCCCOCC(COCCCOC(C)=O)(COCCCOC(C)=O)c1ccccc1. The molecule has 192 valence electrons. The largest absolute Gasteiger partial charge is 0.466 e. The second kappa shape index (κ2) is 17.9. The first-order valence-corrected chi connectivity index (χ1v) is 11.5. The summed E-state index contributed by atoms with van der Waals surface area (Å²) >= 11 is 0. The molecular formula is C25H38O9. The maximum Gasteiger partial charge on any atom is 0.302 e. The molecule has 0 spiro atoms. The highest BCUT2D eigenvalue weighted by atomic mass is 16.5. The van der Waals surface area contributed by atoms with Crippen LogP contribution >= 0.6 is 0 Å². The molecule has 0 aliphatic rings. The average molecular weight is 483 g/mol. The lowest BCUT2D eigenvalue weighted by Crippen LogP contribution is -2.42. The van der Waals surface area contributed by atoms with Gasteiger partial charge in [-0.25, -0.2) is 0 Å². The van der Waals surface area contributed by atoms with E-state index in [-0.39, 0.29) is 17.9 Å². The Labute approximate surface area is 202 Å². The van der Waals surface area contributed by atoms with E-state index in [9.17, 15) is 14.4 Å². The minimum absolute atomic E-state index is 0.299. The molecule has 1 rings (SSSR count). The maximum absolute atomic E-state index is 10.9. The highest BCUT2D eigenvalue weighted by molar-refractivity contribution is 5.66. The van der Waals surface area contributed by atoms with E-state index < -0.39 is 5.41 Å². The summed E-state index contributed by atoms with van der Waals surface area (Å²) < 4.78 is 32.8. The number of hydrogen-bond donors (Lipinski definition) is 0. The molecule has 0 amide bonds. The number of benzene rings is 1. The summed E-state index contributed by atoms with van der Waals surface area (Å²) in [6.45, 7) is 7.28. The van der Waals surface area contributed by atoms with Gasteiger partial charge in [-0.3, -0.25) is 14.4 Å². The predicted octanol–water partition coefficient (Wildman–Crippen LogP) is 2.83. The van der Waals surface area contributed by atoms with E-state index in [0.29, 0.717) is 78.7 Å². The average Bonchev–Trinajstić information content (AvgIpc) is 2.80. The number of esters is 3. The van der Waals surface area contributed by atoms with Gasteiger partial charge in [-0.1, -0.05) is 30.3 Å². The zero-order valence-corrected chi connectivity index (χ0v) is 20.5. The molecule has 1 aromatic rings. The van der Waals surface area contributed by atoms with Gasteiger partial charge in [0.2, 0.25) is 0 Å². The van der Waals surface area contributed by atoms with Crippen LogP contribution in [0.4, 0.5) is 0 Å². The Balaban J connectivity index is 2.74. The lowest BCUT2D eigenvalue weighted by molar-refractivity contribution is -0.142. The molecule has 0 atom stereocenters. The zero-order valence-electron chi connectivity index (χ0n) is 20.5. The van der Waals surface area contributed by atoms with Crippen LogP contribution < -0.4 is 0 Å². The standard InChI is InChI=1S/C25H38O9/c1-21(26)32-15-7-12-29-18-25(24-10-5-4-6-11-24,19-30-13-8-16-33-22(2)27)20-31-14-9-17-34-23(3)28/h4-6,10-11H,7-9,12-20H2,1-3H3. The van der Waals surface area contributed by atoms with Crippen LogP contribution in [0.3, 0.4) is 0 Å². The van der Waals surface area contributed by atoms with Crippen molar-refractivity contribution >= 4 is 17.9 Å². The predicted molar refractivity (Wildman–Crippen MR) is 124 cm³/mol. The van der Waals surface area contributed by atoms with Crippen LogP contribution in [0.2, 0.25) is 0 Å². The van der Waals surface area contributed by atoms with E-state index in [1.807, 2.05) is 30.3 Å². The van der Waals surface area contributed by atoms with E-state index in [4.69, 9.17) is 28.4 Å². The normalized spacial score (nSPS) is 11.1. The summed E-state index contributed by atoms with van der Waals surface area (Å²) in [7, 11) is 0. The van der Waals surface area contributed by atoms with Crippen molar-refractivity contribution in [3.8, 4) is 0 Å². The second-order valence-electron chi connectivity index (χ2n) is 7.88. The molecule has 0 fully saturated rings. The van der Waals surface area contributed by atoms with Crippen LogP contribution in [0.1, 0.15) is 45.6 Å². The van der Waals surface area contributed by atoms with Crippen molar-refractivity contribution in [1.82, 2.24) is 0 Å². The van der Waals surface area contributed by atoms with Gasteiger partial charge in [0.1, 0.15) is 0 Å². The van der Waals surface area contributed by atoms with Crippen LogP contribution in [0.5, 0.6) is 0 Å². The van der Waals surface area contributed by atoms with Crippen molar-refractivity contribution in [1.29, 1.82) is 0 Å². The van der Waals surface area contributed by atoms with Crippen molar-refractivity contribution in [2.24, 2.45) is 0 Å². The van der Waals surface area contributed by atoms with Gasteiger partial charge in [-0.2, -0.15) is 0 Å². The summed E-state index contributed by atoms with van der Waals surface area (Å²) in [5.41, 5.74) is 0.431. The van der Waals surface area contributed by atoms with Gasteiger partial charge >= 0.3 is 17.9 Å². The fourth-order valence-electron chi connectivity index (χ4n) is 3.10. The van der Waals surface area contributed by atoms with Crippen molar-refractivity contribution in [2.45, 2.75) is 45.4 Å². The number of carbonyl (C=O) groups excluding carboxylic acids is 3. The molecule has 0 heterocycles. The fourth-order valence-corrected chi connectivity index (χ4v) is 3.10. The van der Waals surface area contributed by atoms with E-state index in [0.717, 1.165) is 5.56 Å². The molecule has 0 N–H and O–H groups in total. The molecule has 0 bridgehead atoms. The molecule has 9 heteroatoms. The third-order valence-corrected chi connectivity index (χ3v) is 4.74. The summed E-state index contributed by atoms with van der Waals surface area (Å²) in [6.07, 6.45) is 1.74. The first-order valence-electron chi connectivity index (χ1n) is 11.5. The Hall–Kier alpha value is -2.49.